The summed E-state index contributed by atoms with van der Waals surface area (Å²) >= 11 is 0. The van der Waals surface area contributed by atoms with Crippen LogP contribution in [0.4, 0.5) is 0 Å². The normalized spacial score (nSPS) is 9.48. The lowest BCUT2D eigenvalue weighted by Gasteiger charge is -2.09. The number of benzene rings is 2. The number of rotatable bonds is 5. The number of hydrogen-bond donors (Lipinski definition) is 0. The molecule has 2 aromatic carbocycles. The Morgan fingerprint density at radius 3 is 2.33 bits per heavy atom. The van der Waals surface area contributed by atoms with Crippen molar-refractivity contribution in [3.8, 4) is 23.6 Å². The molecule has 2 rings (SSSR count). The molecule has 0 amide bonds. The molecular formula is C17H14N2O2. The van der Waals surface area contributed by atoms with Gasteiger partial charge in [-0.3, -0.25) is 0 Å². The average molecular weight is 278 g/mol. The van der Waals surface area contributed by atoms with E-state index in [0.717, 1.165) is 16.9 Å². The molecule has 0 aromatic heterocycles. The van der Waals surface area contributed by atoms with Crippen LogP contribution in [-0.4, -0.2) is 7.11 Å². The zero-order valence-corrected chi connectivity index (χ0v) is 11.7. The molecule has 0 heterocycles. The molecule has 0 fully saturated rings. The first-order valence-electron chi connectivity index (χ1n) is 6.42. The van der Waals surface area contributed by atoms with Gasteiger partial charge in [0.1, 0.15) is 24.2 Å². The molecule has 0 saturated carbocycles. The van der Waals surface area contributed by atoms with Gasteiger partial charge in [0.05, 0.1) is 25.2 Å². The third kappa shape index (κ3) is 3.75. The molecule has 21 heavy (non-hydrogen) atoms. The van der Waals surface area contributed by atoms with Crippen LogP contribution in [-0.2, 0) is 13.0 Å². The third-order valence-electron chi connectivity index (χ3n) is 3.00. The number of nitriles is 2. The lowest BCUT2D eigenvalue weighted by molar-refractivity contribution is 0.305. The van der Waals surface area contributed by atoms with E-state index in [1.807, 2.05) is 30.3 Å². The van der Waals surface area contributed by atoms with Crippen LogP contribution in [0.5, 0.6) is 11.5 Å². The summed E-state index contributed by atoms with van der Waals surface area (Å²) in [6, 6.07) is 17.0. The van der Waals surface area contributed by atoms with E-state index in [1.54, 1.807) is 12.1 Å². The highest BCUT2D eigenvalue weighted by Crippen LogP contribution is 2.21. The molecule has 0 aliphatic heterocycles. The van der Waals surface area contributed by atoms with Gasteiger partial charge in [-0.05, 0) is 35.4 Å². The van der Waals surface area contributed by atoms with Crippen LogP contribution in [0, 0.1) is 22.7 Å². The first-order chi connectivity index (χ1) is 10.3. The first kappa shape index (κ1) is 14.4. The summed E-state index contributed by atoms with van der Waals surface area (Å²) in [6.07, 6.45) is 0.396. The van der Waals surface area contributed by atoms with E-state index >= 15 is 0 Å². The zero-order valence-electron chi connectivity index (χ0n) is 11.7. The van der Waals surface area contributed by atoms with E-state index in [0.29, 0.717) is 24.3 Å². The maximum atomic E-state index is 8.93. The predicted molar refractivity (Wildman–Crippen MR) is 77.8 cm³/mol. The van der Waals surface area contributed by atoms with Crippen molar-refractivity contribution < 1.29 is 9.47 Å². The fourth-order valence-corrected chi connectivity index (χ4v) is 1.88. The van der Waals surface area contributed by atoms with Crippen molar-refractivity contribution in [2.24, 2.45) is 0 Å². The SMILES string of the molecule is COc1cc(COc2ccc(CC#N)cc2)ccc1C#N. The molecule has 0 saturated heterocycles. The third-order valence-corrected chi connectivity index (χ3v) is 3.00. The van der Waals surface area contributed by atoms with Crippen molar-refractivity contribution in [2.45, 2.75) is 13.0 Å². The van der Waals surface area contributed by atoms with E-state index in [1.165, 1.54) is 7.11 Å². The lowest BCUT2D eigenvalue weighted by atomic mass is 10.1. The molecule has 0 aliphatic carbocycles. The number of ether oxygens (including phenoxy) is 2. The molecule has 0 atom stereocenters. The van der Waals surface area contributed by atoms with E-state index in [9.17, 15) is 0 Å². The Morgan fingerprint density at radius 1 is 1.00 bits per heavy atom. The van der Waals surface area contributed by atoms with Crippen molar-refractivity contribution in [1.29, 1.82) is 10.5 Å². The standard InChI is InChI=1S/C17H14N2O2/c1-20-17-10-14(2-5-15(17)11-19)12-21-16-6-3-13(4-7-16)8-9-18/h2-7,10H,8,12H2,1H3. The molecule has 4 heteroatoms. The molecule has 0 N–H and O–H groups in total. The van der Waals surface area contributed by atoms with Gasteiger partial charge in [-0.1, -0.05) is 18.2 Å². The molecule has 2 aromatic rings. The summed E-state index contributed by atoms with van der Waals surface area (Å²) in [6.45, 7) is 0.389. The van der Waals surface area contributed by atoms with Gasteiger partial charge in [-0.2, -0.15) is 10.5 Å². The predicted octanol–water partition coefficient (Wildman–Crippen LogP) is 3.21. The molecule has 0 radical (unpaired) electrons. The average Bonchev–Trinajstić information content (AvgIpc) is 2.54. The molecule has 0 bridgehead atoms. The highest BCUT2D eigenvalue weighted by molar-refractivity contribution is 5.45. The number of nitrogens with zero attached hydrogens (tertiary/aromatic N) is 2. The maximum Gasteiger partial charge on any atom is 0.137 e. The van der Waals surface area contributed by atoms with Crippen LogP contribution in [0.25, 0.3) is 0 Å². The van der Waals surface area contributed by atoms with E-state index in [-0.39, 0.29) is 0 Å². The quantitative estimate of drug-likeness (QED) is 0.842. The summed E-state index contributed by atoms with van der Waals surface area (Å²) in [5.74, 6) is 1.28. The number of methoxy groups -OCH3 is 1. The minimum Gasteiger partial charge on any atom is -0.495 e. The smallest absolute Gasteiger partial charge is 0.137 e. The lowest BCUT2D eigenvalue weighted by Crippen LogP contribution is -1.97. The Kier molecular flexibility index (Phi) is 4.79. The molecule has 4 nitrogen and oxygen atoms in total. The Balaban J connectivity index is 2.03. The van der Waals surface area contributed by atoms with E-state index in [2.05, 4.69) is 12.1 Å². The second-order valence-electron chi connectivity index (χ2n) is 4.41. The van der Waals surface area contributed by atoms with Crippen LogP contribution in [0.2, 0.25) is 0 Å². The van der Waals surface area contributed by atoms with Gasteiger partial charge in [0.2, 0.25) is 0 Å². The second-order valence-corrected chi connectivity index (χ2v) is 4.41. The Morgan fingerprint density at radius 2 is 1.71 bits per heavy atom. The van der Waals surface area contributed by atoms with Gasteiger partial charge in [-0.25, -0.2) is 0 Å². The summed E-state index contributed by atoms with van der Waals surface area (Å²) < 4.78 is 10.8. The summed E-state index contributed by atoms with van der Waals surface area (Å²) in [4.78, 5) is 0. The van der Waals surface area contributed by atoms with Crippen LogP contribution in [0.3, 0.4) is 0 Å². The van der Waals surface area contributed by atoms with Gasteiger partial charge >= 0.3 is 0 Å². The van der Waals surface area contributed by atoms with Gasteiger partial charge in [0.15, 0.2) is 0 Å². The molecule has 0 unspecified atom stereocenters. The second kappa shape index (κ2) is 6.98. The summed E-state index contributed by atoms with van der Waals surface area (Å²) in [5.41, 5.74) is 2.39. The highest BCUT2D eigenvalue weighted by Gasteiger charge is 2.04. The number of hydrogen-bond acceptors (Lipinski definition) is 4. The Hall–Kier alpha value is -2.98. The first-order valence-corrected chi connectivity index (χ1v) is 6.42. The Bertz CT molecular complexity index is 694. The van der Waals surface area contributed by atoms with Gasteiger partial charge in [0.25, 0.3) is 0 Å². The van der Waals surface area contributed by atoms with Crippen LogP contribution >= 0.6 is 0 Å². The maximum absolute atomic E-state index is 8.93. The monoisotopic (exact) mass is 278 g/mol. The van der Waals surface area contributed by atoms with E-state index in [4.69, 9.17) is 20.0 Å². The fraction of sp³-hybridized carbons (Fsp3) is 0.176. The topological polar surface area (TPSA) is 66.0 Å². The van der Waals surface area contributed by atoms with Crippen molar-refractivity contribution >= 4 is 0 Å². The molecule has 104 valence electrons. The van der Waals surface area contributed by atoms with Crippen molar-refractivity contribution in [2.75, 3.05) is 7.11 Å². The molecular weight excluding hydrogens is 264 g/mol. The van der Waals surface area contributed by atoms with Gasteiger partial charge < -0.3 is 9.47 Å². The van der Waals surface area contributed by atoms with Crippen molar-refractivity contribution in [3.05, 3.63) is 59.2 Å². The van der Waals surface area contributed by atoms with Crippen LogP contribution < -0.4 is 9.47 Å². The minimum atomic E-state index is 0.389. The van der Waals surface area contributed by atoms with Crippen LogP contribution in [0.15, 0.2) is 42.5 Å². The summed E-state index contributed by atoms with van der Waals surface area (Å²) in [5, 5.41) is 17.6. The molecule has 0 aliphatic rings. The highest BCUT2D eigenvalue weighted by atomic mass is 16.5. The fourth-order valence-electron chi connectivity index (χ4n) is 1.88. The van der Waals surface area contributed by atoms with Crippen LogP contribution in [0.1, 0.15) is 16.7 Å². The zero-order chi connectivity index (χ0) is 15.1. The molecule has 0 spiro atoms. The Labute approximate surface area is 123 Å². The van der Waals surface area contributed by atoms with Gasteiger partial charge in [0, 0.05) is 0 Å². The van der Waals surface area contributed by atoms with E-state index < -0.39 is 0 Å². The van der Waals surface area contributed by atoms with Gasteiger partial charge in [-0.15, -0.1) is 0 Å². The summed E-state index contributed by atoms with van der Waals surface area (Å²) in [7, 11) is 1.54. The van der Waals surface area contributed by atoms with Crippen molar-refractivity contribution in [1.82, 2.24) is 0 Å². The largest absolute Gasteiger partial charge is 0.495 e. The minimum absolute atomic E-state index is 0.389. The van der Waals surface area contributed by atoms with Crippen molar-refractivity contribution in [3.63, 3.8) is 0 Å².